The highest BCUT2D eigenvalue weighted by Crippen LogP contribution is 2.30. The molecule has 4 aromatic rings. The number of carbonyl (C=O) groups excluding carboxylic acids is 1. The molecule has 0 radical (unpaired) electrons. The number of halogens is 2. The highest BCUT2D eigenvalue weighted by Gasteiger charge is 2.08. The molecule has 0 aromatic heterocycles. The molecule has 144 valence electrons. The number of benzene rings is 4. The minimum atomic E-state index is -0.905. The number of carboxylic acid groups (broad SMARTS) is 1. The summed E-state index contributed by atoms with van der Waals surface area (Å²) in [6.45, 7) is 0. The smallest absolute Gasteiger partial charge is 0.335 e. The van der Waals surface area contributed by atoms with Gasteiger partial charge in [0.1, 0.15) is 0 Å². The fourth-order valence-electron chi connectivity index (χ4n) is 2.86. The largest absolute Gasteiger partial charge is 0.478 e. The molecule has 4 rings (SSSR count). The fraction of sp³-hybridized carbons (Fsp3) is 0. The summed E-state index contributed by atoms with van der Waals surface area (Å²) < 4.78 is 0.954. The molecule has 0 saturated heterocycles. The number of rotatable bonds is 3. The maximum Gasteiger partial charge on any atom is 0.335 e. The summed E-state index contributed by atoms with van der Waals surface area (Å²) in [5, 5.41) is 11.1. The molecule has 5 heteroatoms. The van der Waals surface area contributed by atoms with Crippen molar-refractivity contribution in [2.75, 3.05) is 0 Å². The molecule has 0 heterocycles. The molecule has 0 aliphatic carbocycles. The summed E-state index contributed by atoms with van der Waals surface area (Å²) in [7, 11) is 0. The zero-order valence-electron chi connectivity index (χ0n) is 15.2. The zero-order chi connectivity index (χ0) is 20.8. The minimum absolute atomic E-state index is 0.0666. The van der Waals surface area contributed by atoms with Gasteiger partial charge in [0.25, 0.3) is 0 Å². The summed E-state index contributed by atoms with van der Waals surface area (Å²) in [5.74, 6) is -0.905. The normalized spacial score (nSPS) is 10.1. The summed E-state index contributed by atoms with van der Waals surface area (Å²) in [4.78, 5) is 21.7. The molecule has 0 aliphatic heterocycles. The van der Waals surface area contributed by atoms with Gasteiger partial charge in [0.15, 0.2) is 0 Å². The lowest BCUT2D eigenvalue weighted by Crippen LogP contribution is -1.95. The van der Waals surface area contributed by atoms with E-state index in [0.717, 1.165) is 26.4 Å². The molecule has 0 unspecified atom stereocenters. The molecule has 0 fully saturated rings. The van der Waals surface area contributed by atoms with E-state index in [1.54, 1.807) is 24.3 Å². The van der Waals surface area contributed by atoms with Gasteiger partial charge in [-0.15, -0.1) is 0 Å². The zero-order valence-corrected chi connectivity index (χ0v) is 18.4. The second kappa shape index (κ2) is 9.63. The van der Waals surface area contributed by atoms with E-state index in [2.05, 4.69) is 31.9 Å². The molecule has 3 nitrogen and oxygen atoms in total. The van der Waals surface area contributed by atoms with Gasteiger partial charge >= 0.3 is 5.97 Å². The lowest BCUT2D eigenvalue weighted by atomic mass is 9.97. The Morgan fingerprint density at radius 3 is 2.00 bits per heavy atom. The molecule has 0 aliphatic rings. The van der Waals surface area contributed by atoms with Gasteiger partial charge in [0.2, 0.25) is 4.69 Å². The van der Waals surface area contributed by atoms with Crippen molar-refractivity contribution in [3.05, 3.63) is 107 Å². The van der Waals surface area contributed by atoms with Crippen LogP contribution in [0.4, 0.5) is 0 Å². The topological polar surface area (TPSA) is 54.4 Å². The molecule has 0 amide bonds. The molecule has 1 N–H and O–H groups in total. The summed E-state index contributed by atoms with van der Waals surface area (Å²) >= 11 is 6.26. The van der Waals surface area contributed by atoms with Gasteiger partial charge in [0, 0.05) is 10.0 Å². The molecule has 29 heavy (non-hydrogen) atoms. The van der Waals surface area contributed by atoms with Gasteiger partial charge in [-0.2, -0.15) is 0 Å². The van der Waals surface area contributed by atoms with Gasteiger partial charge in [-0.1, -0.05) is 82.7 Å². The van der Waals surface area contributed by atoms with Crippen LogP contribution in [0.25, 0.3) is 21.9 Å². The molecular weight excluding hydrogens is 496 g/mol. The second-order valence-corrected chi connectivity index (χ2v) is 7.83. The van der Waals surface area contributed by atoms with Crippen molar-refractivity contribution in [3.63, 3.8) is 0 Å². The van der Waals surface area contributed by atoms with Crippen molar-refractivity contribution in [3.8, 4) is 11.1 Å². The van der Waals surface area contributed by atoms with Gasteiger partial charge in [-0.05, 0) is 62.1 Å². The number of aromatic carboxylic acids is 1. The van der Waals surface area contributed by atoms with Gasteiger partial charge < -0.3 is 5.11 Å². The molecule has 0 bridgehead atoms. The highest BCUT2D eigenvalue weighted by molar-refractivity contribution is 9.18. The predicted molar refractivity (Wildman–Crippen MR) is 124 cm³/mol. The van der Waals surface area contributed by atoms with E-state index in [4.69, 9.17) is 5.11 Å². The maximum atomic E-state index is 11.1. The van der Waals surface area contributed by atoms with Crippen molar-refractivity contribution < 1.29 is 14.7 Å². The third-order valence-electron chi connectivity index (χ3n) is 4.29. The Hall–Kier alpha value is -2.76. The average molecular weight is 512 g/mol. The average Bonchev–Trinajstić information content (AvgIpc) is 2.74. The molecule has 0 spiro atoms. The number of carboxylic acids is 1. The fourth-order valence-corrected chi connectivity index (χ4v) is 3.38. The minimum Gasteiger partial charge on any atom is -0.478 e. The Morgan fingerprint density at radius 1 is 0.724 bits per heavy atom. The monoisotopic (exact) mass is 510 g/mol. The second-order valence-electron chi connectivity index (χ2n) is 6.19. The van der Waals surface area contributed by atoms with E-state index in [1.807, 2.05) is 66.7 Å². The Kier molecular flexibility index (Phi) is 6.96. The maximum absolute atomic E-state index is 11.1. The number of hydrogen-bond acceptors (Lipinski definition) is 2. The Bertz CT molecular complexity index is 1150. The standard InChI is InChI=1S/C17H11BrO2.C7H5BrO/c18-14-8-6-12(7-9-14)15-3-1-2-11-4-5-13(17(19)20)10-16(11)15;8-7(9)6-4-2-1-3-5-6/h1-10H,(H,19,20);1-5H. The van der Waals surface area contributed by atoms with Crippen LogP contribution in [-0.4, -0.2) is 15.8 Å². The molecule has 0 atom stereocenters. The van der Waals surface area contributed by atoms with Gasteiger partial charge in [-0.25, -0.2) is 4.79 Å². The molecular formula is C24H16Br2O3. The van der Waals surface area contributed by atoms with E-state index in [-0.39, 0.29) is 4.69 Å². The number of hydrogen-bond donors (Lipinski definition) is 1. The Labute approximate surface area is 185 Å². The summed E-state index contributed by atoms with van der Waals surface area (Å²) in [6, 6.07) is 28.3. The quantitative estimate of drug-likeness (QED) is 0.296. The van der Waals surface area contributed by atoms with Gasteiger partial charge in [-0.3, -0.25) is 4.79 Å². The predicted octanol–water partition coefficient (Wildman–Crippen LogP) is 7.19. The van der Waals surface area contributed by atoms with Crippen LogP contribution in [-0.2, 0) is 0 Å². The van der Waals surface area contributed by atoms with E-state index in [0.29, 0.717) is 11.1 Å². The van der Waals surface area contributed by atoms with Crippen LogP contribution in [0.1, 0.15) is 20.7 Å². The third-order valence-corrected chi connectivity index (χ3v) is 5.27. The van der Waals surface area contributed by atoms with Gasteiger partial charge in [0.05, 0.1) is 5.56 Å². The van der Waals surface area contributed by atoms with Crippen molar-refractivity contribution in [2.24, 2.45) is 0 Å². The van der Waals surface area contributed by atoms with Crippen LogP contribution in [0.2, 0.25) is 0 Å². The number of carbonyl (C=O) groups is 2. The van der Waals surface area contributed by atoms with E-state index in [9.17, 15) is 9.59 Å². The number of fused-ring (bicyclic) bond motifs is 1. The van der Waals surface area contributed by atoms with E-state index < -0.39 is 5.97 Å². The first kappa shape index (κ1) is 21.0. The van der Waals surface area contributed by atoms with E-state index in [1.165, 1.54) is 0 Å². The summed E-state index contributed by atoms with van der Waals surface area (Å²) in [6.07, 6.45) is 0. The van der Waals surface area contributed by atoms with Crippen LogP contribution in [0, 0.1) is 0 Å². The SMILES string of the molecule is O=C(Br)c1ccccc1.O=C(O)c1ccc2cccc(-c3ccc(Br)cc3)c2c1. The van der Waals surface area contributed by atoms with Crippen LogP contribution >= 0.6 is 31.9 Å². The first-order valence-corrected chi connectivity index (χ1v) is 10.3. The first-order chi connectivity index (χ1) is 14.0. The molecule has 4 aromatic carbocycles. The highest BCUT2D eigenvalue weighted by atomic mass is 79.9. The third kappa shape index (κ3) is 5.40. The van der Waals surface area contributed by atoms with Crippen molar-refractivity contribution in [2.45, 2.75) is 0 Å². The molecule has 0 saturated carbocycles. The lowest BCUT2D eigenvalue weighted by molar-refractivity contribution is 0.0697. The van der Waals surface area contributed by atoms with Crippen molar-refractivity contribution in [1.29, 1.82) is 0 Å². The van der Waals surface area contributed by atoms with E-state index >= 15 is 0 Å². The van der Waals surface area contributed by atoms with Crippen molar-refractivity contribution in [1.82, 2.24) is 0 Å². The lowest BCUT2D eigenvalue weighted by Gasteiger charge is -2.08. The van der Waals surface area contributed by atoms with Crippen LogP contribution in [0.3, 0.4) is 0 Å². The van der Waals surface area contributed by atoms with Crippen LogP contribution in [0.5, 0.6) is 0 Å². The van der Waals surface area contributed by atoms with Crippen molar-refractivity contribution >= 4 is 53.3 Å². The Balaban J connectivity index is 0.000000224. The Morgan fingerprint density at radius 2 is 1.41 bits per heavy atom. The first-order valence-electron chi connectivity index (χ1n) is 8.72. The van der Waals surface area contributed by atoms with Crippen LogP contribution in [0.15, 0.2) is 95.5 Å². The summed E-state index contributed by atoms with van der Waals surface area (Å²) in [5.41, 5.74) is 3.11. The van der Waals surface area contributed by atoms with Crippen LogP contribution < -0.4 is 0 Å².